The van der Waals surface area contributed by atoms with Gasteiger partial charge in [-0.15, -0.1) is 11.3 Å². The van der Waals surface area contributed by atoms with Crippen LogP contribution in [0.4, 0.5) is 5.00 Å². The molecule has 1 amide bonds. The zero-order chi connectivity index (χ0) is 25.2. The molecule has 0 spiro atoms. The van der Waals surface area contributed by atoms with Gasteiger partial charge in [-0.25, -0.2) is 9.78 Å². The van der Waals surface area contributed by atoms with Crippen molar-refractivity contribution in [2.24, 2.45) is 0 Å². The number of carbonyl (C=O) groups is 2. The third kappa shape index (κ3) is 4.44. The fraction of sp³-hybridized carbons (Fsp3) is 0.259. The second-order valence-corrected chi connectivity index (χ2v) is 10.5. The normalized spacial score (nSPS) is 12.2. The number of hydrogen-bond acceptors (Lipinski definition) is 7. The zero-order valence-corrected chi connectivity index (χ0v) is 21.6. The fourth-order valence-corrected chi connectivity index (χ4v) is 6.82. The van der Waals surface area contributed by atoms with E-state index >= 15 is 0 Å². The summed E-state index contributed by atoms with van der Waals surface area (Å²) in [5, 5.41) is 4.64. The zero-order valence-electron chi connectivity index (χ0n) is 20.0. The van der Waals surface area contributed by atoms with Gasteiger partial charge in [0.1, 0.15) is 5.00 Å². The minimum atomic E-state index is -0.441. The molecule has 7 nitrogen and oxygen atoms in total. The van der Waals surface area contributed by atoms with E-state index in [1.165, 1.54) is 35.8 Å². The summed E-state index contributed by atoms with van der Waals surface area (Å²) >= 11 is 2.79. The molecule has 184 valence electrons. The Morgan fingerprint density at radius 1 is 1.14 bits per heavy atom. The van der Waals surface area contributed by atoms with E-state index in [4.69, 9.17) is 4.74 Å². The molecule has 0 atom stereocenters. The molecule has 0 saturated carbocycles. The van der Waals surface area contributed by atoms with Gasteiger partial charge in [0.15, 0.2) is 5.16 Å². The van der Waals surface area contributed by atoms with Crippen LogP contribution in [-0.4, -0.2) is 34.3 Å². The third-order valence-corrected chi connectivity index (χ3v) is 8.42. The molecule has 2 heterocycles. The van der Waals surface area contributed by atoms with Crippen LogP contribution in [0.1, 0.15) is 34.8 Å². The van der Waals surface area contributed by atoms with Crippen molar-refractivity contribution in [1.82, 2.24) is 9.55 Å². The van der Waals surface area contributed by atoms with Gasteiger partial charge in [0.05, 0.1) is 23.6 Å². The molecule has 2 aromatic heterocycles. The lowest BCUT2D eigenvalue weighted by Crippen LogP contribution is -2.22. The largest absolute Gasteiger partial charge is 0.465 e. The van der Waals surface area contributed by atoms with Gasteiger partial charge in [0, 0.05) is 23.6 Å². The van der Waals surface area contributed by atoms with Crippen LogP contribution in [0.5, 0.6) is 0 Å². The van der Waals surface area contributed by atoms with Crippen LogP contribution < -0.4 is 10.9 Å². The number of thiophene rings is 1. The lowest BCUT2D eigenvalue weighted by molar-refractivity contribution is -0.115. The molecule has 0 radical (unpaired) electrons. The van der Waals surface area contributed by atoms with E-state index in [9.17, 15) is 14.4 Å². The first-order valence-corrected chi connectivity index (χ1v) is 13.6. The Labute approximate surface area is 216 Å². The number of rotatable bonds is 7. The highest BCUT2D eigenvalue weighted by atomic mass is 32.2. The highest BCUT2D eigenvalue weighted by Crippen LogP contribution is 2.45. The average molecular weight is 520 g/mol. The number of fused-ring (bicyclic) bond motifs is 4. The maximum Gasteiger partial charge on any atom is 0.341 e. The molecule has 0 bridgehead atoms. The van der Waals surface area contributed by atoms with Crippen LogP contribution in [0.3, 0.4) is 0 Å². The molecule has 0 aliphatic heterocycles. The van der Waals surface area contributed by atoms with Crippen molar-refractivity contribution in [3.63, 3.8) is 0 Å². The number of aromatic nitrogens is 2. The smallest absolute Gasteiger partial charge is 0.341 e. The molecule has 0 fully saturated rings. The standard InChI is InChI=1S/C27H25N3O4S2/c1-3-30-25(32)18-10-6-7-11-20(18)28-27(30)35-15-14-21(31)29-24-22(26(33)34-2)19-13-12-16-8-4-5-9-17(16)23(19)36-24/h4-11H,3,12-15H2,1-2H3,(H,29,31). The number of benzene rings is 2. The second-order valence-electron chi connectivity index (χ2n) is 8.37. The highest BCUT2D eigenvalue weighted by Gasteiger charge is 2.29. The predicted octanol–water partition coefficient (Wildman–Crippen LogP) is 5.15. The number of esters is 1. The number of anilines is 1. The number of methoxy groups -OCH3 is 1. The maximum atomic E-state index is 12.9. The van der Waals surface area contributed by atoms with Crippen molar-refractivity contribution in [2.45, 2.75) is 37.9 Å². The molecule has 9 heteroatoms. The summed E-state index contributed by atoms with van der Waals surface area (Å²) < 4.78 is 6.68. The van der Waals surface area contributed by atoms with E-state index in [0.29, 0.717) is 38.9 Å². The van der Waals surface area contributed by atoms with Crippen LogP contribution in [0.25, 0.3) is 21.3 Å². The van der Waals surface area contributed by atoms with Crippen LogP contribution in [0.2, 0.25) is 0 Å². The molecular formula is C27H25N3O4S2. The molecule has 5 rings (SSSR count). The van der Waals surface area contributed by atoms with Crippen LogP contribution >= 0.6 is 23.1 Å². The van der Waals surface area contributed by atoms with Gasteiger partial charge >= 0.3 is 5.97 Å². The number of para-hydroxylation sites is 1. The first-order valence-electron chi connectivity index (χ1n) is 11.8. The van der Waals surface area contributed by atoms with Crippen molar-refractivity contribution in [3.05, 3.63) is 75.6 Å². The number of thioether (sulfide) groups is 1. The number of amides is 1. The van der Waals surface area contributed by atoms with Crippen molar-refractivity contribution in [1.29, 1.82) is 0 Å². The first kappa shape index (κ1) is 24.3. The van der Waals surface area contributed by atoms with E-state index in [2.05, 4.69) is 22.4 Å². The molecule has 0 saturated heterocycles. The number of nitrogens with one attached hydrogen (secondary N) is 1. The van der Waals surface area contributed by atoms with Gasteiger partial charge < -0.3 is 10.1 Å². The molecule has 1 aliphatic carbocycles. The maximum absolute atomic E-state index is 12.9. The SMILES string of the molecule is CCn1c(SCCC(=O)Nc2sc3c(c2C(=O)OC)CCc2ccccc2-3)nc2ccccc2c1=O. The Balaban J connectivity index is 1.34. The van der Waals surface area contributed by atoms with Gasteiger partial charge in [0.2, 0.25) is 5.91 Å². The topological polar surface area (TPSA) is 90.3 Å². The molecule has 1 aliphatic rings. The molecule has 36 heavy (non-hydrogen) atoms. The monoisotopic (exact) mass is 519 g/mol. The Kier molecular flexibility index (Phi) is 6.93. The minimum absolute atomic E-state index is 0.0813. The molecule has 4 aromatic rings. The Bertz CT molecular complexity index is 1540. The van der Waals surface area contributed by atoms with Crippen molar-refractivity contribution in [2.75, 3.05) is 18.2 Å². The van der Waals surface area contributed by atoms with Crippen LogP contribution in [-0.2, 0) is 28.9 Å². The van der Waals surface area contributed by atoms with Crippen molar-refractivity contribution >= 4 is 50.9 Å². The van der Waals surface area contributed by atoms with Crippen LogP contribution in [0, 0.1) is 0 Å². The number of hydrogen-bond donors (Lipinski definition) is 1. The predicted molar refractivity (Wildman–Crippen MR) is 144 cm³/mol. The summed E-state index contributed by atoms with van der Waals surface area (Å²) in [5.41, 5.74) is 4.28. The first-order chi connectivity index (χ1) is 17.5. The summed E-state index contributed by atoms with van der Waals surface area (Å²) in [6.07, 6.45) is 1.77. The summed E-state index contributed by atoms with van der Waals surface area (Å²) in [4.78, 5) is 44.0. The molecular weight excluding hydrogens is 494 g/mol. The van der Waals surface area contributed by atoms with E-state index in [0.717, 1.165) is 28.8 Å². The third-order valence-electron chi connectivity index (χ3n) is 6.26. The highest BCUT2D eigenvalue weighted by molar-refractivity contribution is 7.99. The molecule has 1 N–H and O–H groups in total. The summed E-state index contributed by atoms with van der Waals surface area (Å²) in [6.45, 7) is 2.40. The van der Waals surface area contributed by atoms with Crippen molar-refractivity contribution < 1.29 is 14.3 Å². The van der Waals surface area contributed by atoms with E-state index in [1.807, 2.05) is 37.3 Å². The number of aryl methyl sites for hydroxylation is 1. The summed E-state index contributed by atoms with van der Waals surface area (Å²) in [5.74, 6) is -0.201. The van der Waals surface area contributed by atoms with Gasteiger partial charge in [0.25, 0.3) is 5.56 Å². The summed E-state index contributed by atoms with van der Waals surface area (Å²) in [7, 11) is 1.36. The van der Waals surface area contributed by atoms with Crippen molar-refractivity contribution in [3.8, 4) is 10.4 Å². The summed E-state index contributed by atoms with van der Waals surface area (Å²) in [6, 6.07) is 15.4. The Morgan fingerprint density at radius 2 is 1.92 bits per heavy atom. The van der Waals surface area contributed by atoms with Crippen LogP contribution in [0.15, 0.2) is 58.5 Å². The second kappa shape index (κ2) is 10.3. The Morgan fingerprint density at radius 3 is 2.72 bits per heavy atom. The molecule has 0 unspecified atom stereocenters. The lowest BCUT2D eigenvalue weighted by Gasteiger charge is -2.16. The van der Waals surface area contributed by atoms with E-state index < -0.39 is 5.97 Å². The van der Waals surface area contributed by atoms with Gasteiger partial charge in [-0.2, -0.15) is 0 Å². The fourth-order valence-electron chi connectivity index (χ4n) is 4.51. The van der Waals surface area contributed by atoms with Gasteiger partial charge in [-0.3, -0.25) is 14.2 Å². The lowest BCUT2D eigenvalue weighted by atomic mass is 9.89. The van der Waals surface area contributed by atoms with Gasteiger partial charge in [-0.05, 0) is 48.6 Å². The number of nitrogens with zero attached hydrogens (tertiary/aromatic N) is 2. The van der Waals surface area contributed by atoms with E-state index in [1.54, 1.807) is 10.6 Å². The minimum Gasteiger partial charge on any atom is -0.465 e. The van der Waals surface area contributed by atoms with E-state index in [-0.39, 0.29) is 17.9 Å². The Hall–Kier alpha value is -3.43. The number of carbonyl (C=O) groups excluding carboxylic acids is 2. The van der Waals surface area contributed by atoms with Gasteiger partial charge in [-0.1, -0.05) is 48.2 Å². The quantitative estimate of drug-likeness (QED) is 0.206. The average Bonchev–Trinajstić information content (AvgIpc) is 3.26. The number of ether oxygens (including phenoxy) is 1. The molecule has 2 aromatic carbocycles.